The summed E-state index contributed by atoms with van der Waals surface area (Å²) < 4.78 is 37.2. The number of nitrogens with zero attached hydrogens (tertiary/aromatic N) is 2. The van der Waals surface area contributed by atoms with Crippen molar-refractivity contribution in [3.63, 3.8) is 0 Å². The highest BCUT2D eigenvalue weighted by atomic mass is 32.2. The fourth-order valence-corrected chi connectivity index (χ4v) is 3.93. The summed E-state index contributed by atoms with van der Waals surface area (Å²) in [7, 11) is -3.79. The van der Waals surface area contributed by atoms with E-state index in [1.54, 1.807) is 13.0 Å². The van der Waals surface area contributed by atoms with E-state index < -0.39 is 27.4 Å². The number of fused-ring (bicyclic) bond motifs is 1. The minimum atomic E-state index is -3.79. The Morgan fingerprint density at radius 1 is 1.17 bits per heavy atom. The monoisotopic (exact) mass is 435 g/mol. The van der Waals surface area contributed by atoms with Crippen LogP contribution in [0, 0.1) is 17.0 Å². The molecule has 160 valence electrons. The van der Waals surface area contributed by atoms with Crippen LogP contribution in [-0.2, 0) is 14.8 Å². The maximum Gasteiger partial charge on any atom is 0.271 e. The van der Waals surface area contributed by atoms with Crippen LogP contribution >= 0.6 is 0 Å². The van der Waals surface area contributed by atoms with Gasteiger partial charge >= 0.3 is 0 Å². The Bertz CT molecular complexity index is 1090. The average molecular weight is 435 g/mol. The number of carbonyl (C=O) groups excluding carboxylic acids is 1. The van der Waals surface area contributed by atoms with Crippen LogP contribution in [0.15, 0.2) is 36.4 Å². The van der Waals surface area contributed by atoms with Gasteiger partial charge in [-0.3, -0.25) is 19.2 Å². The van der Waals surface area contributed by atoms with Gasteiger partial charge in [-0.1, -0.05) is 6.07 Å². The Morgan fingerprint density at radius 2 is 1.87 bits per heavy atom. The largest absolute Gasteiger partial charge is 0.486 e. The minimum absolute atomic E-state index is 0.180. The molecule has 0 fully saturated rings. The summed E-state index contributed by atoms with van der Waals surface area (Å²) in [6.07, 6.45) is 0. The normalized spacial score (nSPS) is 12.9. The van der Waals surface area contributed by atoms with Crippen LogP contribution in [0.2, 0.25) is 0 Å². The van der Waals surface area contributed by atoms with E-state index in [1.807, 2.05) is 0 Å². The molecule has 0 aliphatic carbocycles. The first-order valence-corrected chi connectivity index (χ1v) is 10.8. The van der Waals surface area contributed by atoms with Gasteiger partial charge in [0.25, 0.3) is 5.69 Å². The smallest absolute Gasteiger partial charge is 0.271 e. The second kappa shape index (κ2) is 8.57. The van der Waals surface area contributed by atoms with Gasteiger partial charge in [0, 0.05) is 18.2 Å². The van der Waals surface area contributed by atoms with E-state index in [9.17, 15) is 23.3 Å². The van der Waals surface area contributed by atoms with Gasteiger partial charge in [-0.15, -0.1) is 0 Å². The summed E-state index contributed by atoms with van der Waals surface area (Å²) in [5.74, 6) is 0.0379. The summed E-state index contributed by atoms with van der Waals surface area (Å²) in [6, 6.07) is 8.70. The van der Waals surface area contributed by atoms with Crippen LogP contribution < -0.4 is 19.1 Å². The molecule has 11 heteroatoms. The fourth-order valence-electron chi connectivity index (χ4n) is 2.87. The first-order valence-electron chi connectivity index (χ1n) is 9.16. The Hall–Kier alpha value is -3.34. The minimum Gasteiger partial charge on any atom is -0.486 e. The second-order valence-electron chi connectivity index (χ2n) is 6.54. The molecule has 1 amide bonds. The molecule has 1 heterocycles. The molecule has 2 aromatic rings. The number of anilines is 2. The molecule has 0 atom stereocenters. The zero-order valence-corrected chi connectivity index (χ0v) is 17.3. The van der Waals surface area contributed by atoms with E-state index in [-0.39, 0.29) is 22.8 Å². The summed E-state index contributed by atoms with van der Waals surface area (Å²) in [4.78, 5) is 23.1. The Morgan fingerprint density at radius 3 is 2.53 bits per heavy atom. The number of sulfonamides is 1. The fraction of sp³-hybridized carbons (Fsp3) is 0.316. The van der Waals surface area contributed by atoms with Crippen LogP contribution in [0.4, 0.5) is 17.1 Å². The standard InChI is InChI=1S/C19H21N3O7S/c1-3-30(26,27)21(14-6-7-17-18(11-14)29-9-8-28-17)12-19(23)20-16-10-15(22(24)25)5-4-13(16)2/h4-7,10-11H,3,8-9,12H2,1-2H3,(H,20,23). The van der Waals surface area contributed by atoms with Gasteiger partial charge in [0.05, 0.1) is 22.1 Å². The lowest BCUT2D eigenvalue weighted by Gasteiger charge is -2.25. The summed E-state index contributed by atoms with van der Waals surface area (Å²) in [6.45, 7) is 3.39. The molecule has 0 radical (unpaired) electrons. The molecule has 10 nitrogen and oxygen atoms in total. The Balaban J connectivity index is 1.87. The van der Waals surface area contributed by atoms with Crippen LogP contribution in [0.25, 0.3) is 0 Å². The van der Waals surface area contributed by atoms with Crippen molar-refractivity contribution in [3.05, 3.63) is 52.1 Å². The van der Waals surface area contributed by atoms with Gasteiger partial charge in [0.1, 0.15) is 19.8 Å². The zero-order valence-electron chi connectivity index (χ0n) is 16.5. The van der Waals surface area contributed by atoms with E-state index in [1.165, 1.54) is 37.3 Å². The highest BCUT2D eigenvalue weighted by Gasteiger charge is 2.26. The molecule has 0 saturated carbocycles. The number of nitrogens with one attached hydrogen (secondary N) is 1. The van der Waals surface area contributed by atoms with Crippen LogP contribution in [0.1, 0.15) is 12.5 Å². The molecule has 1 aliphatic rings. The summed E-state index contributed by atoms with van der Waals surface area (Å²) in [5.41, 5.74) is 0.927. The maximum atomic E-state index is 12.7. The number of nitro benzene ring substituents is 1. The van der Waals surface area contributed by atoms with Crippen molar-refractivity contribution >= 4 is 33.0 Å². The first-order chi connectivity index (χ1) is 14.2. The summed E-state index contributed by atoms with van der Waals surface area (Å²) in [5, 5.41) is 13.5. The number of ether oxygens (including phenoxy) is 2. The number of benzene rings is 2. The van der Waals surface area contributed by atoms with E-state index >= 15 is 0 Å². The number of amides is 1. The number of carbonyl (C=O) groups is 1. The van der Waals surface area contributed by atoms with Gasteiger partial charge in [-0.25, -0.2) is 8.42 Å². The van der Waals surface area contributed by atoms with E-state index in [4.69, 9.17) is 9.47 Å². The summed E-state index contributed by atoms with van der Waals surface area (Å²) >= 11 is 0. The quantitative estimate of drug-likeness (QED) is 0.522. The second-order valence-corrected chi connectivity index (χ2v) is 8.72. The highest BCUT2D eigenvalue weighted by Crippen LogP contribution is 2.35. The number of aryl methyl sites for hydroxylation is 1. The van der Waals surface area contributed by atoms with Crippen molar-refractivity contribution < 1.29 is 27.6 Å². The number of hydrogen-bond donors (Lipinski definition) is 1. The molecule has 0 bridgehead atoms. The predicted molar refractivity (Wildman–Crippen MR) is 111 cm³/mol. The van der Waals surface area contributed by atoms with E-state index in [0.29, 0.717) is 30.3 Å². The third-order valence-electron chi connectivity index (χ3n) is 4.51. The molecule has 0 aromatic heterocycles. The highest BCUT2D eigenvalue weighted by molar-refractivity contribution is 7.92. The van der Waals surface area contributed by atoms with Crippen molar-refractivity contribution in [2.45, 2.75) is 13.8 Å². The van der Waals surface area contributed by atoms with Crippen molar-refractivity contribution in [1.29, 1.82) is 0 Å². The number of non-ortho nitro benzene ring substituents is 1. The Labute approximate surface area is 173 Å². The van der Waals surface area contributed by atoms with E-state index in [2.05, 4.69) is 5.32 Å². The van der Waals surface area contributed by atoms with Crippen LogP contribution in [0.3, 0.4) is 0 Å². The van der Waals surface area contributed by atoms with Crippen molar-refractivity contribution in [2.24, 2.45) is 0 Å². The molecular formula is C19H21N3O7S. The molecule has 2 aromatic carbocycles. The molecule has 0 unspecified atom stereocenters. The molecule has 3 rings (SSSR count). The molecule has 0 spiro atoms. The predicted octanol–water partition coefficient (Wildman–Crippen LogP) is 2.47. The van der Waals surface area contributed by atoms with E-state index in [0.717, 1.165) is 4.31 Å². The van der Waals surface area contributed by atoms with Crippen molar-refractivity contribution in [1.82, 2.24) is 0 Å². The lowest BCUT2D eigenvalue weighted by Crippen LogP contribution is -2.39. The van der Waals surface area contributed by atoms with Gasteiger partial charge in [0.2, 0.25) is 15.9 Å². The van der Waals surface area contributed by atoms with Gasteiger partial charge < -0.3 is 14.8 Å². The van der Waals surface area contributed by atoms with Crippen LogP contribution in [-0.4, -0.2) is 44.8 Å². The number of hydrogen-bond acceptors (Lipinski definition) is 7. The maximum absolute atomic E-state index is 12.7. The molecule has 0 saturated heterocycles. The third-order valence-corrected chi connectivity index (χ3v) is 6.25. The Kier molecular flexibility index (Phi) is 6.11. The zero-order chi connectivity index (χ0) is 21.9. The van der Waals surface area contributed by atoms with Gasteiger partial charge in [-0.05, 0) is 31.5 Å². The van der Waals surface area contributed by atoms with Gasteiger partial charge in [-0.2, -0.15) is 0 Å². The first kappa shape index (κ1) is 21.4. The number of rotatable bonds is 7. The molecule has 1 N–H and O–H groups in total. The molecule has 30 heavy (non-hydrogen) atoms. The lowest BCUT2D eigenvalue weighted by atomic mass is 10.2. The SMILES string of the molecule is CCS(=O)(=O)N(CC(=O)Nc1cc([N+](=O)[O-])ccc1C)c1ccc2c(c1)OCCO2. The van der Waals surface area contributed by atoms with Crippen LogP contribution in [0.5, 0.6) is 11.5 Å². The average Bonchev–Trinajstić information content (AvgIpc) is 2.73. The van der Waals surface area contributed by atoms with Gasteiger partial charge in [0.15, 0.2) is 11.5 Å². The van der Waals surface area contributed by atoms with Crippen molar-refractivity contribution in [3.8, 4) is 11.5 Å². The number of nitro groups is 1. The molecule has 1 aliphatic heterocycles. The topological polar surface area (TPSA) is 128 Å². The lowest BCUT2D eigenvalue weighted by molar-refractivity contribution is -0.384. The molecular weight excluding hydrogens is 414 g/mol. The van der Waals surface area contributed by atoms with Crippen molar-refractivity contribution in [2.75, 3.05) is 35.1 Å². The third kappa shape index (κ3) is 4.62.